The normalized spacial score (nSPS) is 16.4. The lowest BCUT2D eigenvalue weighted by Crippen LogP contribution is -2.39. The predicted molar refractivity (Wildman–Crippen MR) is 107 cm³/mol. The maximum Gasteiger partial charge on any atom is 0.191 e. The fourth-order valence-electron chi connectivity index (χ4n) is 2.79. The van der Waals surface area contributed by atoms with E-state index >= 15 is 0 Å². The fraction of sp³-hybridized carbons (Fsp3) is 0.812. The number of aliphatic imine (C=N–C) groups is 1. The van der Waals surface area contributed by atoms with Crippen molar-refractivity contribution in [3.05, 3.63) is 11.6 Å². The van der Waals surface area contributed by atoms with Crippen LogP contribution in [0.3, 0.4) is 0 Å². The Morgan fingerprint density at radius 1 is 1.21 bits per heavy atom. The zero-order chi connectivity index (χ0) is 16.5. The summed E-state index contributed by atoms with van der Waals surface area (Å²) in [6.07, 6.45) is 8.18. The SMILES string of the molecule is CN=C(NCCOC1CCCCCC1)NCc1nnc(C)n1C.I. The molecule has 0 spiro atoms. The van der Waals surface area contributed by atoms with Crippen molar-refractivity contribution in [3.8, 4) is 0 Å². The van der Waals surface area contributed by atoms with E-state index in [4.69, 9.17) is 4.74 Å². The molecule has 0 bridgehead atoms. The maximum atomic E-state index is 5.97. The molecule has 24 heavy (non-hydrogen) atoms. The van der Waals surface area contributed by atoms with Gasteiger partial charge in [-0.1, -0.05) is 25.7 Å². The van der Waals surface area contributed by atoms with Gasteiger partial charge < -0.3 is 19.9 Å². The first-order valence-electron chi connectivity index (χ1n) is 8.61. The van der Waals surface area contributed by atoms with Gasteiger partial charge in [0.2, 0.25) is 0 Å². The highest BCUT2D eigenvalue weighted by molar-refractivity contribution is 14.0. The molecule has 0 atom stereocenters. The van der Waals surface area contributed by atoms with Crippen LogP contribution >= 0.6 is 24.0 Å². The van der Waals surface area contributed by atoms with E-state index in [1.807, 2.05) is 18.5 Å². The molecule has 0 unspecified atom stereocenters. The minimum Gasteiger partial charge on any atom is -0.376 e. The topological polar surface area (TPSA) is 76.4 Å². The minimum absolute atomic E-state index is 0. The van der Waals surface area contributed by atoms with E-state index < -0.39 is 0 Å². The van der Waals surface area contributed by atoms with Crippen LogP contribution in [0.25, 0.3) is 0 Å². The highest BCUT2D eigenvalue weighted by Gasteiger charge is 2.12. The molecule has 1 fully saturated rings. The molecule has 8 heteroatoms. The summed E-state index contributed by atoms with van der Waals surface area (Å²) >= 11 is 0. The van der Waals surface area contributed by atoms with Gasteiger partial charge in [-0.3, -0.25) is 4.99 Å². The molecule has 1 aliphatic carbocycles. The van der Waals surface area contributed by atoms with Crippen LogP contribution < -0.4 is 10.6 Å². The van der Waals surface area contributed by atoms with E-state index in [-0.39, 0.29) is 24.0 Å². The molecule has 1 saturated carbocycles. The quantitative estimate of drug-likeness (QED) is 0.228. The number of ether oxygens (including phenoxy) is 1. The van der Waals surface area contributed by atoms with E-state index in [9.17, 15) is 0 Å². The number of hydrogen-bond acceptors (Lipinski definition) is 4. The molecule has 0 aliphatic heterocycles. The number of nitrogens with zero attached hydrogens (tertiary/aromatic N) is 4. The third-order valence-electron chi connectivity index (χ3n) is 4.37. The first kappa shape index (κ1) is 21.1. The molecule has 0 saturated heterocycles. The van der Waals surface area contributed by atoms with E-state index in [0.717, 1.165) is 24.2 Å². The van der Waals surface area contributed by atoms with Crippen LogP contribution in [0.5, 0.6) is 0 Å². The third kappa shape index (κ3) is 6.92. The molecular weight excluding hydrogens is 419 g/mol. The zero-order valence-electron chi connectivity index (χ0n) is 15.0. The van der Waals surface area contributed by atoms with E-state index in [1.165, 1.54) is 38.5 Å². The molecule has 0 amide bonds. The molecule has 7 nitrogen and oxygen atoms in total. The van der Waals surface area contributed by atoms with Gasteiger partial charge in [-0.15, -0.1) is 34.2 Å². The number of aromatic nitrogens is 3. The smallest absolute Gasteiger partial charge is 0.191 e. The monoisotopic (exact) mass is 450 g/mol. The zero-order valence-corrected chi connectivity index (χ0v) is 17.4. The highest BCUT2D eigenvalue weighted by atomic mass is 127. The summed E-state index contributed by atoms with van der Waals surface area (Å²) in [5.41, 5.74) is 0. The van der Waals surface area contributed by atoms with Crippen LogP contribution in [-0.2, 0) is 18.3 Å². The molecule has 2 N–H and O–H groups in total. The summed E-state index contributed by atoms with van der Waals surface area (Å²) in [6, 6.07) is 0. The molecule has 1 aromatic rings. The summed E-state index contributed by atoms with van der Waals surface area (Å²) in [4.78, 5) is 4.22. The second-order valence-corrected chi connectivity index (χ2v) is 6.06. The van der Waals surface area contributed by atoms with E-state index in [1.54, 1.807) is 7.05 Å². The summed E-state index contributed by atoms with van der Waals surface area (Å²) in [6.45, 7) is 4.01. The van der Waals surface area contributed by atoms with Gasteiger partial charge in [0.1, 0.15) is 5.82 Å². The van der Waals surface area contributed by atoms with Crippen LogP contribution in [0, 0.1) is 6.92 Å². The number of aryl methyl sites for hydroxylation is 1. The second-order valence-electron chi connectivity index (χ2n) is 6.06. The van der Waals surface area contributed by atoms with Crippen LogP contribution in [0.1, 0.15) is 50.2 Å². The molecule has 0 aromatic carbocycles. The summed E-state index contributed by atoms with van der Waals surface area (Å²) in [5, 5.41) is 14.7. The van der Waals surface area contributed by atoms with Crippen LogP contribution in [0.4, 0.5) is 0 Å². The average Bonchev–Trinajstić information content (AvgIpc) is 2.77. The molecule has 1 heterocycles. The Labute approximate surface area is 162 Å². The highest BCUT2D eigenvalue weighted by Crippen LogP contribution is 2.19. The van der Waals surface area contributed by atoms with Gasteiger partial charge in [-0.25, -0.2) is 0 Å². The maximum absolute atomic E-state index is 5.97. The van der Waals surface area contributed by atoms with Crippen LogP contribution in [-0.4, -0.2) is 47.0 Å². The average molecular weight is 450 g/mol. The van der Waals surface area contributed by atoms with Gasteiger partial charge in [-0.2, -0.15) is 0 Å². The summed E-state index contributed by atoms with van der Waals surface area (Å²) in [7, 11) is 3.73. The van der Waals surface area contributed by atoms with Crippen LogP contribution in [0.2, 0.25) is 0 Å². The van der Waals surface area contributed by atoms with Crippen molar-refractivity contribution in [1.29, 1.82) is 0 Å². The Hall–Kier alpha value is -0.900. The Bertz CT molecular complexity index is 497. The first-order valence-corrected chi connectivity index (χ1v) is 8.61. The number of guanidine groups is 1. The van der Waals surface area contributed by atoms with Crippen molar-refractivity contribution in [2.24, 2.45) is 12.0 Å². The number of nitrogens with one attached hydrogen (secondary N) is 2. The fourth-order valence-corrected chi connectivity index (χ4v) is 2.79. The first-order chi connectivity index (χ1) is 11.2. The van der Waals surface area contributed by atoms with Crippen LogP contribution in [0.15, 0.2) is 4.99 Å². The van der Waals surface area contributed by atoms with Crippen molar-refractivity contribution in [2.75, 3.05) is 20.2 Å². The van der Waals surface area contributed by atoms with Crippen molar-refractivity contribution in [2.45, 2.75) is 58.1 Å². The molecule has 1 aliphatic rings. The molecule has 138 valence electrons. The molecule has 1 aromatic heterocycles. The summed E-state index contributed by atoms with van der Waals surface area (Å²) in [5.74, 6) is 2.55. The number of rotatable bonds is 6. The largest absolute Gasteiger partial charge is 0.376 e. The van der Waals surface area contributed by atoms with Crippen molar-refractivity contribution in [1.82, 2.24) is 25.4 Å². The van der Waals surface area contributed by atoms with Gasteiger partial charge in [0, 0.05) is 20.6 Å². The van der Waals surface area contributed by atoms with Crippen molar-refractivity contribution in [3.63, 3.8) is 0 Å². The van der Waals surface area contributed by atoms with E-state index in [0.29, 0.717) is 19.3 Å². The number of hydrogen-bond donors (Lipinski definition) is 2. The Morgan fingerprint density at radius 2 is 1.92 bits per heavy atom. The van der Waals surface area contributed by atoms with Crippen molar-refractivity contribution < 1.29 is 4.74 Å². The molecular formula is C16H31IN6O. The Kier molecular flexibility index (Phi) is 10.2. The number of halogens is 1. The molecule has 2 rings (SSSR count). The van der Waals surface area contributed by atoms with E-state index in [2.05, 4.69) is 25.8 Å². The Balaban J connectivity index is 0.00000288. The lowest BCUT2D eigenvalue weighted by Gasteiger charge is -2.16. The molecule has 0 radical (unpaired) electrons. The van der Waals surface area contributed by atoms with Gasteiger partial charge in [0.25, 0.3) is 0 Å². The lowest BCUT2D eigenvalue weighted by molar-refractivity contribution is 0.0468. The Morgan fingerprint density at radius 3 is 2.50 bits per heavy atom. The second kappa shape index (κ2) is 11.6. The standard InChI is InChI=1S/C16H30N6O.HI/c1-13-20-21-15(22(13)3)12-19-16(17-2)18-10-11-23-14-8-6-4-5-7-9-14;/h14H,4-12H2,1-3H3,(H2,17,18,19);1H. The lowest BCUT2D eigenvalue weighted by atomic mass is 10.1. The van der Waals surface area contributed by atoms with Gasteiger partial charge in [0.15, 0.2) is 11.8 Å². The van der Waals surface area contributed by atoms with Gasteiger partial charge in [-0.05, 0) is 19.8 Å². The summed E-state index contributed by atoms with van der Waals surface area (Å²) < 4.78 is 7.94. The van der Waals surface area contributed by atoms with Gasteiger partial charge in [0.05, 0.1) is 19.3 Å². The van der Waals surface area contributed by atoms with Gasteiger partial charge >= 0.3 is 0 Å². The minimum atomic E-state index is 0. The predicted octanol–water partition coefficient (Wildman–Crippen LogP) is 2.15. The van der Waals surface area contributed by atoms with Crippen molar-refractivity contribution >= 4 is 29.9 Å². The third-order valence-corrected chi connectivity index (χ3v) is 4.37.